The highest BCUT2D eigenvalue weighted by atomic mass is 35.5. The fraction of sp³-hybridized carbons (Fsp3) is 0.0500. The molecule has 2 N–H and O–H groups in total. The van der Waals surface area contributed by atoms with Crippen molar-refractivity contribution in [2.45, 2.75) is 11.4 Å². The van der Waals surface area contributed by atoms with E-state index in [0.29, 0.717) is 29.0 Å². The van der Waals surface area contributed by atoms with E-state index in [2.05, 4.69) is 15.0 Å². The quantitative estimate of drug-likeness (QED) is 0.460. The first-order valence-electron chi connectivity index (χ1n) is 8.34. The summed E-state index contributed by atoms with van der Waals surface area (Å²) in [5.41, 5.74) is 1.60. The topological polar surface area (TPSA) is 45.7 Å². The zero-order chi connectivity index (χ0) is 19.5. The molecule has 0 aliphatic carbocycles. The standard InChI is InChI=1S/C20H14Cl2FN3OS/c21-13-4-1-2-5-16(13)27-17-6-3-7-18-19(17)25-20(26-28-18)24-11-12-8-9-15(23)14(22)10-12/h1-10H,11H2,(H2,24,25,26). The number of fused-ring (bicyclic) bond motifs is 1. The van der Waals surface area contributed by atoms with Gasteiger partial charge in [0.25, 0.3) is 0 Å². The first kappa shape index (κ1) is 18.9. The van der Waals surface area contributed by atoms with Crippen molar-refractivity contribution >= 4 is 46.8 Å². The van der Waals surface area contributed by atoms with E-state index in [1.54, 1.807) is 18.2 Å². The highest BCUT2D eigenvalue weighted by molar-refractivity contribution is 7.98. The average molecular weight is 434 g/mol. The van der Waals surface area contributed by atoms with Crippen molar-refractivity contribution in [3.05, 3.63) is 82.1 Å². The van der Waals surface area contributed by atoms with E-state index >= 15 is 0 Å². The largest absolute Gasteiger partial charge is 0.454 e. The molecule has 0 saturated carbocycles. The second kappa shape index (κ2) is 8.31. The zero-order valence-electron chi connectivity index (χ0n) is 14.4. The van der Waals surface area contributed by atoms with Gasteiger partial charge in [0.15, 0.2) is 5.75 Å². The lowest BCUT2D eigenvalue weighted by Crippen LogP contribution is -2.29. The maximum Gasteiger partial charge on any atom is 0.206 e. The Kier molecular flexibility index (Phi) is 5.62. The number of guanidine groups is 1. The Morgan fingerprint density at radius 2 is 1.79 bits per heavy atom. The van der Waals surface area contributed by atoms with Gasteiger partial charge in [-0.05, 0) is 53.9 Å². The lowest BCUT2D eigenvalue weighted by Gasteiger charge is -2.23. The van der Waals surface area contributed by atoms with Gasteiger partial charge in [0.2, 0.25) is 5.96 Å². The second-order valence-corrected chi connectivity index (χ2v) is 7.57. The summed E-state index contributed by atoms with van der Waals surface area (Å²) in [6.45, 7) is 0.346. The fourth-order valence-corrected chi connectivity index (χ4v) is 3.68. The first-order valence-corrected chi connectivity index (χ1v) is 9.91. The normalized spacial score (nSPS) is 14.2. The third-order valence-corrected chi connectivity index (χ3v) is 5.41. The van der Waals surface area contributed by atoms with E-state index in [-0.39, 0.29) is 5.02 Å². The van der Waals surface area contributed by atoms with Gasteiger partial charge in [0.1, 0.15) is 11.6 Å². The summed E-state index contributed by atoms with van der Waals surface area (Å²) in [5, 5.41) is 3.86. The Morgan fingerprint density at radius 1 is 0.964 bits per heavy atom. The van der Waals surface area contributed by atoms with Gasteiger partial charge in [0.05, 0.1) is 27.2 Å². The van der Waals surface area contributed by atoms with E-state index in [1.165, 1.54) is 18.0 Å². The zero-order valence-corrected chi connectivity index (χ0v) is 16.7. The molecule has 1 aliphatic rings. The molecule has 8 heteroatoms. The first-order chi connectivity index (χ1) is 13.6. The molecule has 28 heavy (non-hydrogen) atoms. The number of ether oxygens (including phenoxy) is 1. The number of hydrogen-bond donors (Lipinski definition) is 2. The highest BCUT2D eigenvalue weighted by Crippen LogP contribution is 2.40. The van der Waals surface area contributed by atoms with Crippen molar-refractivity contribution in [1.82, 2.24) is 4.72 Å². The van der Waals surface area contributed by atoms with E-state index in [9.17, 15) is 4.39 Å². The maximum absolute atomic E-state index is 13.3. The molecule has 0 saturated heterocycles. The van der Waals surface area contributed by atoms with Gasteiger partial charge in [-0.2, -0.15) is 0 Å². The average Bonchev–Trinajstić information content (AvgIpc) is 2.71. The highest BCUT2D eigenvalue weighted by Gasteiger charge is 2.19. The molecule has 0 bridgehead atoms. The molecule has 1 aliphatic heterocycles. The van der Waals surface area contributed by atoms with Crippen LogP contribution in [0.5, 0.6) is 11.5 Å². The second-order valence-electron chi connectivity index (χ2n) is 5.90. The summed E-state index contributed by atoms with van der Waals surface area (Å²) in [4.78, 5) is 5.47. The van der Waals surface area contributed by atoms with Gasteiger partial charge in [-0.3, -0.25) is 4.72 Å². The number of para-hydroxylation sites is 2. The molecule has 3 aromatic rings. The van der Waals surface area contributed by atoms with Gasteiger partial charge in [-0.15, -0.1) is 0 Å². The summed E-state index contributed by atoms with van der Waals surface area (Å²) in [5.74, 6) is 1.32. The van der Waals surface area contributed by atoms with Crippen LogP contribution in [0, 0.1) is 5.82 Å². The number of aliphatic imine (C=N–C) groups is 1. The number of halogens is 3. The molecule has 4 nitrogen and oxygen atoms in total. The van der Waals surface area contributed by atoms with Gasteiger partial charge in [-0.25, -0.2) is 9.38 Å². The summed E-state index contributed by atoms with van der Waals surface area (Å²) in [7, 11) is 0. The molecule has 0 radical (unpaired) electrons. The van der Waals surface area contributed by atoms with Gasteiger partial charge in [-0.1, -0.05) is 47.5 Å². The third-order valence-electron chi connectivity index (χ3n) is 3.95. The predicted molar refractivity (Wildman–Crippen MR) is 113 cm³/mol. The number of nitrogens with one attached hydrogen (secondary N) is 2. The van der Waals surface area contributed by atoms with Crippen LogP contribution in [-0.2, 0) is 6.54 Å². The maximum atomic E-state index is 13.3. The van der Waals surface area contributed by atoms with Crippen molar-refractivity contribution in [2.75, 3.05) is 5.32 Å². The number of benzene rings is 3. The minimum absolute atomic E-state index is 0.0809. The van der Waals surface area contributed by atoms with E-state index < -0.39 is 5.82 Å². The number of hydrogen-bond acceptors (Lipinski definition) is 3. The molecular weight excluding hydrogens is 420 g/mol. The van der Waals surface area contributed by atoms with Crippen molar-refractivity contribution in [2.24, 2.45) is 4.99 Å². The minimum atomic E-state index is -0.446. The molecule has 0 spiro atoms. The van der Waals surface area contributed by atoms with Gasteiger partial charge >= 0.3 is 0 Å². The van der Waals surface area contributed by atoms with Crippen LogP contribution in [0.15, 0.2) is 70.6 Å². The summed E-state index contributed by atoms with van der Waals surface area (Å²) in [6, 6.07) is 17.6. The number of anilines is 1. The Labute approximate surface area is 175 Å². The van der Waals surface area contributed by atoms with Crippen LogP contribution < -0.4 is 14.8 Å². The molecule has 142 valence electrons. The summed E-state index contributed by atoms with van der Waals surface area (Å²) in [6.07, 6.45) is 0. The monoisotopic (exact) mass is 433 g/mol. The molecule has 1 heterocycles. The molecule has 0 aromatic heterocycles. The smallest absolute Gasteiger partial charge is 0.206 e. The van der Waals surface area contributed by atoms with Gasteiger partial charge in [0, 0.05) is 0 Å². The van der Waals surface area contributed by atoms with Crippen LogP contribution in [0.25, 0.3) is 0 Å². The van der Waals surface area contributed by atoms with Crippen molar-refractivity contribution in [3.8, 4) is 11.5 Å². The van der Waals surface area contributed by atoms with E-state index in [1.807, 2.05) is 36.4 Å². The molecule has 0 fully saturated rings. The summed E-state index contributed by atoms with van der Waals surface area (Å²) < 4.78 is 22.4. The SMILES string of the molecule is Fc1ccc(CN=C2NSc3cccc(Oc4ccccc4Cl)c3N2)cc1Cl. The Balaban J connectivity index is 1.55. The molecule has 3 aromatic carbocycles. The molecule has 0 atom stereocenters. The molecule has 4 rings (SSSR count). The van der Waals surface area contributed by atoms with Crippen LogP contribution in [0.1, 0.15) is 5.56 Å². The fourth-order valence-electron chi connectivity index (χ4n) is 2.58. The lowest BCUT2D eigenvalue weighted by molar-refractivity contribution is 0.484. The van der Waals surface area contributed by atoms with E-state index in [0.717, 1.165) is 16.1 Å². The Morgan fingerprint density at radius 3 is 2.61 bits per heavy atom. The van der Waals surface area contributed by atoms with Crippen molar-refractivity contribution in [1.29, 1.82) is 0 Å². The van der Waals surface area contributed by atoms with Crippen molar-refractivity contribution < 1.29 is 9.13 Å². The van der Waals surface area contributed by atoms with Crippen LogP contribution >= 0.6 is 35.1 Å². The van der Waals surface area contributed by atoms with E-state index in [4.69, 9.17) is 27.9 Å². The summed E-state index contributed by atoms with van der Waals surface area (Å²) >= 11 is 13.5. The van der Waals surface area contributed by atoms with Crippen LogP contribution in [0.4, 0.5) is 10.1 Å². The number of nitrogens with zero attached hydrogens (tertiary/aromatic N) is 1. The van der Waals surface area contributed by atoms with Crippen LogP contribution in [-0.4, -0.2) is 5.96 Å². The Hall–Kier alpha value is -2.41. The Bertz CT molecular complexity index is 1060. The van der Waals surface area contributed by atoms with Crippen LogP contribution in [0.3, 0.4) is 0 Å². The predicted octanol–water partition coefficient (Wildman–Crippen LogP) is 6.50. The minimum Gasteiger partial charge on any atom is -0.454 e. The van der Waals surface area contributed by atoms with Crippen LogP contribution in [0.2, 0.25) is 10.0 Å². The lowest BCUT2D eigenvalue weighted by atomic mass is 10.2. The molecule has 0 unspecified atom stereocenters. The number of rotatable bonds is 4. The molecule has 0 amide bonds. The third kappa shape index (κ3) is 4.19. The molecular formula is C20H14Cl2FN3OS. The van der Waals surface area contributed by atoms with Crippen molar-refractivity contribution in [3.63, 3.8) is 0 Å². The van der Waals surface area contributed by atoms with Gasteiger partial charge < -0.3 is 10.1 Å².